The fraction of sp³-hybridized carbons (Fsp3) is 0.381. The lowest BCUT2D eigenvalue weighted by molar-refractivity contribution is -0.134. The number of sulfone groups is 1. The molecule has 2 aromatic rings. The van der Waals surface area contributed by atoms with Gasteiger partial charge < -0.3 is 4.90 Å². The molecule has 4 rings (SSSR count). The molecule has 2 heterocycles. The van der Waals surface area contributed by atoms with Crippen molar-refractivity contribution in [1.29, 1.82) is 0 Å². The topological polar surface area (TPSA) is 54.5 Å². The molecule has 2 aromatic carbocycles. The molecule has 0 N–H and O–H groups in total. The van der Waals surface area contributed by atoms with E-state index in [2.05, 4.69) is 0 Å². The molecular formula is C21H22ClNO3S. The van der Waals surface area contributed by atoms with Crippen molar-refractivity contribution in [1.82, 2.24) is 4.90 Å². The number of carbonyl (C=O) groups excluding carboxylic acids is 1. The summed E-state index contributed by atoms with van der Waals surface area (Å²) in [6, 6.07) is 16.0. The molecule has 0 aromatic heterocycles. The average Bonchev–Trinajstić information content (AvgIpc) is 2.94. The molecule has 2 unspecified atom stereocenters. The van der Waals surface area contributed by atoms with E-state index < -0.39 is 15.1 Å². The number of hydrogen-bond donors (Lipinski definition) is 0. The maximum atomic E-state index is 13.0. The van der Waals surface area contributed by atoms with Crippen LogP contribution in [0.1, 0.15) is 31.2 Å². The fourth-order valence-corrected chi connectivity index (χ4v) is 6.46. The largest absolute Gasteiger partial charge is 0.336 e. The highest BCUT2D eigenvalue weighted by atomic mass is 35.5. The zero-order chi connectivity index (χ0) is 19.0. The number of hydrogen-bond acceptors (Lipinski definition) is 3. The van der Waals surface area contributed by atoms with Gasteiger partial charge in [0.25, 0.3) is 0 Å². The molecule has 2 bridgehead atoms. The lowest BCUT2D eigenvalue weighted by Crippen LogP contribution is -2.50. The summed E-state index contributed by atoms with van der Waals surface area (Å²) in [6.07, 6.45) is 3.16. The summed E-state index contributed by atoms with van der Waals surface area (Å²) in [4.78, 5) is 15.2. The highest BCUT2D eigenvalue weighted by Crippen LogP contribution is 2.40. The molecule has 0 aliphatic carbocycles. The van der Waals surface area contributed by atoms with Gasteiger partial charge in [0.05, 0.1) is 16.6 Å². The van der Waals surface area contributed by atoms with Crippen LogP contribution in [0.15, 0.2) is 59.5 Å². The van der Waals surface area contributed by atoms with Crippen LogP contribution in [0.5, 0.6) is 0 Å². The van der Waals surface area contributed by atoms with Crippen LogP contribution in [0.3, 0.4) is 0 Å². The van der Waals surface area contributed by atoms with Crippen LogP contribution in [-0.2, 0) is 21.1 Å². The highest BCUT2D eigenvalue weighted by molar-refractivity contribution is 7.92. The standard InChI is InChI=1S/C21H22ClNO3S/c22-16-8-6-15(7-9-16)12-21(24)23-17-10-11-18(23)14-20(13-17)27(25,26)19-4-2-1-3-5-19/h1-9,17-18,20H,10-14H2. The molecule has 0 saturated carbocycles. The summed E-state index contributed by atoms with van der Waals surface area (Å²) in [7, 11) is -3.35. The van der Waals surface area contributed by atoms with Gasteiger partial charge in [-0.2, -0.15) is 0 Å². The smallest absolute Gasteiger partial charge is 0.227 e. The Kier molecular flexibility index (Phi) is 4.99. The predicted molar refractivity (Wildman–Crippen MR) is 105 cm³/mol. The summed E-state index contributed by atoms with van der Waals surface area (Å²) in [5.74, 6) is 0.0837. The van der Waals surface area contributed by atoms with Gasteiger partial charge in [-0.05, 0) is 55.5 Å². The average molecular weight is 404 g/mol. The summed E-state index contributed by atoms with van der Waals surface area (Å²) < 4.78 is 26.0. The minimum atomic E-state index is -3.35. The molecule has 2 saturated heterocycles. The zero-order valence-corrected chi connectivity index (χ0v) is 16.5. The second-order valence-corrected chi connectivity index (χ2v) is 10.1. The van der Waals surface area contributed by atoms with Crippen LogP contribution >= 0.6 is 11.6 Å². The van der Waals surface area contributed by atoms with E-state index in [9.17, 15) is 13.2 Å². The SMILES string of the molecule is O=C(Cc1ccc(Cl)cc1)N1C2CCC1CC(S(=O)(=O)c1ccccc1)C2. The number of nitrogens with zero attached hydrogens (tertiary/aromatic N) is 1. The van der Waals surface area contributed by atoms with Crippen molar-refractivity contribution in [3.8, 4) is 0 Å². The predicted octanol–water partition coefficient (Wildman–Crippen LogP) is 3.88. The monoisotopic (exact) mass is 403 g/mol. The quantitative estimate of drug-likeness (QED) is 0.778. The number of fused-ring (bicyclic) bond motifs is 2. The molecule has 2 fully saturated rings. The molecule has 2 aliphatic heterocycles. The molecule has 2 atom stereocenters. The zero-order valence-electron chi connectivity index (χ0n) is 14.9. The molecule has 0 radical (unpaired) electrons. The Morgan fingerprint density at radius 1 is 0.963 bits per heavy atom. The van der Waals surface area contributed by atoms with Gasteiger partial charge in [-0.3, -0.25) is 4.79 Å². The minimum absolute atomic E-state index is 0.0204. The Morgan fingerprint density at radius 2 is 1.56 bits per heavy atom. The molecule has 142 valence electrons. The van der Waals surface area contributed by atoms with E-state index in [1.807, 2.05) is 23.1 Å². The molecule has 6 heteroatoms. The normalized spacial score (nSPS) is 24.8. The first-order valence-electron chi connectivity index (χ1n) is 9.29. The molecule has 27 heavy (non-hydrogen) atoms. The van der Waals surface area contributed by atoms with Crippen molar-refractivity contribution in [2.75, 3.05) is 0 Å². The lowest BCUT2D eigenvalue weighted by atomic mass is 10.0. The van der Waals surface area contributed by atoms with Crippen molar-refractivity contribution >= 4 is 27.3 Å². The van der Waals surface area contributed by atoms with Crippen LogP contribution in [0.2, 0.25) is 5.02 Å². The van der Waals surface area contributed by atoms with E-state index in [0.29, 0.717) is 29.2 Å². The highest BCUT2D eigenvalue weighted by Gasteiger charge is 2.46. The van der Waals surface area contributed by atoms with Gasteiger partial charge in [-0.15, -0.1) is 0 Å². The van der Waals surface area contributed by atoms with Gasteiger partial charge in [0, 0.05) is 17.1 Å². The Morgan fingerprint density at radius 3 is 2.15 bits per heavy atom. The molecular weight excluding hydrogens is 382 g/mol. The minimum Gasteiger partial charge on any atom is -0.336 e. The van der Waals surface area contributed by atoms with Gasteiger partial charge in [-0.1, -0.05) is 41.9 Å². The second-order valence-electron chi connectivity index (χ2n) is 7.44. The number of benzene rings is 2. The Balaban J connectivity index is 1.49. The van der Waals surface area contributed by atoms with Gasteiger partial charge in [0.15, 0.2) is 9.84 Å². The van der Waals surface area contributed by atoms with Crippen molar-refractivity contribution in [2.45, 2.75) is 54.3 Å². The summed E-state index contributed by atoms with van der Waals surface area (Å²) in [5, 5.41) is 0.246. The van der Waals surface area contributed by atoms with Crippen LogP contribution in [0.4, 0.5) is 0 Å². The van der Waals surface area contributed by atoms with Gasteiger partial charge in [-0.25, -0.2) is 8.42 Å². The molecule has 2 aliphatic rings. The van der Waals surface area contributed by atoms with Crippen LogP contribution in [-0.4, -0.2) is 36.6 Å². The number of amides is 1. The first kappa shape index (κ1) is 18.5. The maximum absolute atomic E-state index is 13.0. The first-order chi connectivity index (χ1) is 12.9. The second kappa shape index (κ2) is 7.28. The van der Waals surface area contributed by atoms with Crippen LogP contribution in [0, 0.1) is 0 Å². The molecule has 4 nitrogen and oxygen atoms in total. The molecule has 0 spiro atoms. The van der Waals surface area contributed by atoms with Crippen LogP contribution in [0.25, 0.3) is 0 Å². The third-order valence-electron chi connectivity index (χ3n) is 5.76. The third-order valence-corrected chi connectivity index (χ3v) is 8.20. The van der Waals surface area contributed by atoms with Gasteiger partial charge in [0.1, 0.15) is 0 Å². The number of piperidine rings is 1. The van der Waals surface area contributed by atoms with Gasteiger partial charge in [0.2, 0.25) is 5.91 Å². The maximum Gasteiger partial charge on any atom is 0.227 e. The summed E-state index contributed by atoms with van der Waals surface area (Å²) in [6.45, 7) is 0. The third kappa shape index (κ3) is 3.63. The Bertz CT molecular complexity index is 914. The Hall–Kier alpha value is -1.85. The number of halogens is 1. The van der Waals surface area contributed by atoms with Crippen molar-refractivity contribution < 1.29 is 13.2 Å². The lowest BCUT2D eigenvalue weighted by Gasteiger charge is -2.38. The summed E-state index contributed by atoms with van der Waals surface area (Å²) in [5.41, 5.74) is 0.933. The summed E-state index contributed by atoms with van der Waals surface area (Å²) >= 11 is 5.91. The van der Waals surface area contributed by atoms with E-state index in [0.717, 1.165) is 18.4 Å². The van der Waals surface area contributed by atoms with Crippen molar-refractivity contribution in [3.05, 3.63) is 65.2 Å². The van der Waals surface area contributed by atoms with Gasteiger partial charge >= 0.3 is 0 Å². The van der Waals surface area contributed by atoms with E-state index in [1.165, 1.54) is 0 Å². The van der Waals surface area contributed by atoms with E-state index in [-0.39, 0.29) is 18.0 Å². The van der Waals surface area contributed by atoms with Crippen LogP contribution < -0.4 is 0 Å². The van der Waals surface area contributed by atoms with E-state index in [1.54, 1.807) is 36.4 Å². The van der Waals surface area contributed by atoms with Crippen molar-refractivity contribution in [3.63, 3.8) is 0 Å². The first-order valence-corrected chi connectivity index (χ1v) is 11.2. The number of rotatable bonds is 4. The molecule has 1 amide bonds. The van der Waals surface area contributed by atoms with E-state index in [4.69, 9.17) is 11.6 Å². The Labute approximate surface area is 165 Å². The fourth-order valence-electron chi connectivity index (χ4n) is 4.46. The van der Waals surface area contributed by atoms with E-state index >= 15 is 0 Å². The number of carbonyl (C=O) groups is 1. The van der Waals surface area contributed by atoms with Crippen molar-refractivity contribution in [2.24, 2.45) is 0 Å².